The third-order valence-electron chi connectivity index (χ3n) is 5.93. The lowest BCUT2D eigenvalue weighted by Crippen LogP contribution is -2.33. The summed E-state index contributed by atoms with van der Waals surface area (Å²) in [6.07, 6.45) is 7.07. The predicted octanol–water partition coefficient (Wildman–Crippen LogP) is 3.02. The second-order valence-electron chi connectivity index (χ2n) is 6.85. The minimum atomic E-state index is -0.350. The monoisotopic (exact) mass is 270 g/mol. The molecule has 3 N–H and O–H groups in total. The largest absolute Gasteiger partial charge is 0.382 e. The fourth-order valence-electron chi connectivity index (χ4n) is 5.21. The molecule has 2 bridgehead atoms. The summed E-state index contributed by atoms with van der Waals surface area (Å²) < 4.78 is 0. The van der Waals surface area contributed by atoms with Gasteiger partial charge in [-0.05, 0) is 67.6 Å². The minimum Gasteiger partial charge on any atom is -0.382 e. The van der Waals surface area contributed by atoms with Gasteiger partial charge in [0.2, 0.25) is 5.91 Å². The molecule has 0 heterocycles. The molecule has 3 nitrogen and oxygen atoms in total. The van der Waals surface area contributed by atoms with Gasteiger partial charge in [0, 0.05) is 17.3 Å². The molecule has 3 aliphatic rings. The molecule has 3 saturated carbocycles. The van der Waals surface area contributed by atoms with E-state index in [9.17, 15) is 4.79 Å². The van der Waals surface area contributed by atoms with E-state index in [-0.39, 0.29) is 5.91 Å². The van der Waals surface area contributed by atoms with E-state index in [0.717, 1.165) is 29.4 Å². The molecular weight excluding hydrogens is 248 g/mol. The second kappa shape index (κ2) is 4.51. The molecule has 0 saturated heterocycles. The lowest BCUT2D eigenvalue weighted by Gasteiger charge is -2.32. The van der Waals surface area contributed by atoms with Crippen molar-refractivity contribution in [3.8, 4) is 0 Å². The van der Waals surface area contributed by atoms with Crippen molar-refractivity contribution < 1.29 is 4.79 Å². The topological polar surface area (TPSA) is 55.1 Å². The zero-order chi connectivity index (χ0) is 13.7. The third kappa shape index (κ3) is 1.83. The second-order valence-corrected chi connectivity index (χ2v) is 6.85. The number of nitrogens with one attached hydrogen (secondary N) is 1. The van der Waals surface area contributed by atoms with Crippen molar-refractivity contribution in [2.75, 3.05) is 5.32 Å². The molecule has 0 aromatic heterocycles. The maximum absolute atomic E-state index is 11.3. The highest BCUT2D eigenvalue weighted by Gasteiger charge is 2.53. The number of primary amides is 1. The fourth-order valence-corrected chi connectivity index (χ4v) is 5.21. The molecule has 0 aliphatic heterocycles. The summed E-state index contributed by atoms with van der Waals surface area (Å²) in [7, 11) is 0. The van der Waals surface area contributed by atoms with E-state index in [2.05, 4.69) is 5.32 Å². The molecule has 106 valence electrons. The van der Waals surface area contributed by atoms with Gasteiger partial charge in [0.05, 0.1) is 0 Å². The lowest BCUT2D eigenvalue weighted by atomic mass is 9.79. The Labute approximate surface area is 119 Å². The van der Waals surface area contributed by atoms with Crippen LogP contribution in [0.3, 0.4) is 0 Å². The van der Waals surface area contributed by atoms with Gasteiger partial charge in [0.15, 0.2) is 0 Å². The zero-order valence-corrected chi connectivity index (χ0v) is 11.7. The lowest BCUT2D eigenvalue weighted by molar-refractivity contribution is 0.100. The van der Waals surface area contributed by atoms with Crippen LogP contribution in [-0.2, 0) is 0 Å². The van der Waals surface area contributed by atoms with Gasteiger partial charge >= 0.3 is 0 Å². The normalized spacial score (nSPS) is 37.9. The number of fused-ring (bicyclic) bond motifs is 5. The van der Waals surface area contributed by atoms with Crippen LogP contribution in [0.1, 0.15) is 42.5 Å². The van der Waals surface area contributed by atoms with Gasteiger partial charge in [-0.2, -0.15) is 0 Å². The van der Waals surface area contributed by atoms with E-state index in [0.29, 0.717) is 11.6 Å². The van der Waals surface area contributed by atoms with Crippen molar-refractivity contribution in [3.63, 3.8) is 0 Å². The summed E-state index contributed by atoms with van der Waals surface area (Å²) in [6, 6.07) is 8.22. The first-order valence-corrected chi connectivity index (χ1v) is 7.89. The Morgan fingerprint density at radius 2 is 2.00 bits per heavy atom. The van der Waals surface area contributed by atoms with Gasteiger partial charge in [-0.1, -0.05) is 12.5 Å². The minimum absolute atomic E-state index is 0.350. The SMILES string of the molecule is NC(=O)c1cccc(NC2CC3CC2C2CCCC32)c1. The summed E-state index contributed by atoms with van der Waals surface area (Å²) in [5, 5.41) is 3.67. The highest BCUT2D eigenvalue weighted by Crippen LogP contribution is 2.59. The van der Waals surface area contributed by atoms with Crippen molar-refractivity contribution in [2.45, 2.75) is 38.1 Å². The molecule has 5 atom stereocenters. The fraction of sp³-hybridized carbons (Fsp3) is 0.588. The quantitative estimate of drug-likeness (QED) is 0.887. The van der Waals surface area contributed by atoms with Crippen LogP contribution in [0.15, 0.2) is 24.3 Å². The van der Waals surface area contributed by atoms with Crippen LogP contribution in [0.4, 0.5) is 5.69 Å². The molecule has 1 aromatic carbocycles. The molecule has 1 amide bonds. The van der Waals surface area contributed by atoms with E-state index in [1.165, 1.54) is 32.1 Å². The van der Waals surface area contributed by atoms with Gasteiger partial charge in [-0.15, -0.1) is 0 Å². The van der Waals surface area contributed by atoms with Gasteiger partial charge in [-0.25, -0.2) is 0 Å². The molecule has 3 fully saturated rings. The van der Waals surface area contributed by atoms with E-state index < -0.39 is 0 Å². The zero-order valence-electron chi connectivity index (χ0n) is 11.7. The highest BCUT2D eigenvalue weighted by molar-refractivity contribution is 5.93. The molecule has 20 heavy (non-hydrogen) atoms. The van der Waals surface area contributed by atoms with Crippen LogP contribution >= 0.6 is 0 Å². The number of benzene rings is 1. The van der Waals surface area contributed by atoms with Crippen LogP contribution in [0.5, 0.6) is 0 Å². The van der Waals surface area contributed by atoms with Crippen LogP contribution in [-0.4, -0.2) is 11.9 Å². The summed E-state index contributed by atoms with van der Waals surface area (Å²) >= 11 is 0. The number of hydrogen-bond donors (Lipinski definition) is 2. The number of carbonyl (C=O) groups is 1. The van der Waals surface area contributed by atoms with Crippen molar-refractivity contribution in [1.82, 2.24) is 0 Å². The smallest absolute Gasteiger partial charge is 0.248 e. The average Bonchev–Trinajstić information content (AvgIpc) is 3.10. The Hall–Kier alpha value is -1.51. The Morgan fingerprint density at radius 1 is 1.15 bits per heavy atom. The molecule has 4 rings (SSSR count). The van der Waals surface area contributed by atoms with Crippen LogP contribution in [0, 0.1) is 23.7 Å². The molecule has 0 spiro atoms. The molecule has 5 unspecified atom stereocenters. The Morgan fingerprint density at radius 3 is 2.85 bits per heavy atom. The van der Waals surface area contributed by atoms with Gasteiger partial charge in [0.1, 0.15) is 0 Å². The number of amides is 1. The van der Waals surface area contributed by atoms with E-state index in [1.807, 2.05) is 18.2 Å². The van der Waals surface area contributed by atoms with Crippen LogP contribution in [0.2, 0.25) is 0 Å². The Balaban J connectivity index is 1.50. The van der Waals surface area contributed by atoms with E-state index >= 15 is 0 Å². The molecule has 0 radical (unpaired) electrons. The van der Waals surface area contributed by atoms with Crippen molar-refractivity contribution in [3.05, 3.63) is 29.8 Å². The first kappa shape index (κ1) is 12.2. The van der Waals surface area contributed by atoms with Crippen molar-refractivity contribution in [2.24, 2.45) is 29.4 Å². The Kier molecular flexibility index (Phi) is 2.76. The number of hydrogen-bond acceptors (Lipinski definition) is 2. The highest BCUT2D eigenvalue weighted by atomic mass is 16.1. The molecular formula is C17H22N2O. The average molecular weight is 270 g/mol. The maximum Gasteiger partial charge on any atom is 0.248 e. The summed E-state index contributed by atoms with van der Waals surface area (Å²) in [5.41, 5.74) is 7.00. The number of nitrogens with two attached hydrogens (primary N) is 1. The van der Waals surface area contributed by atoms with E-state index in [4.69, 9.17) is 5.73 Å². The van der Waals surface area contributed by atoms with Gasteiger partial charge in [-0.3, -0.25) is 4.79 Å². The first-order valence-electron chi connectivity index (χ1n) is 7.89. The van der Waals surface area contributed by atoms with Gasteiger partial charge < -0.3 is 11.1 Å². The van der Waals surface area contributed by atoms with Crippen LogP contribution in [0.25, 0.3) is 0 Å². The molecule has 3 heteroatoms. The standard InChI is InChI=1S/C17H22N2O/c18-17(20)10-3-1-4-12(7-10)19-16-9-11-8-15(16)14-6-2-5-13(11)14/h1,3-4,7,11,13-16,19H,2,5-6,8-9H2,(H2,18,20). The Bertz CT molecular complexity index is 542. The predicted molar refractivity (Wildman–Crippen MR) is 79.4 cm³/mol. The summed E-state index contributed by atoms with van der Waals surface area (Å²) in [6.45, 7) is 0. The number of carbonyl (C=O) groups excluding carboxylic acids is 1. The van der Waals surface area contributed by atoms with Crippen LogP contribution < -0.4 is 11.1 Å². The summed E-state index contributed by atoms with van der Waals surface area (Å²) in [5.74, 6) is 3.44. The maximum atomic E-state index is 11.3. The molecule has 1 aromatic rings. The number of anilines is 1. The first-order chi connectivity index (χ1) is 9.72. The molecule has 3 aliphatic carbocycles. The van der Waals surface area contributed by atoms with Crippen molar-refractivity contribution in [1.29, 1.82) is 0 Å². The third-order valence-corrected chi connectivity index (χ3v) is 5.93. The summed E-state index contributed by atoms with van der Waals surface area (Å²) in [4.78, 5) is 11.3. The van der Waals surface area contributed by atoms with Crippen molar-refractivity contribution >= 4 is 11.6 Å². The number of rotatable bonds is 3. The van der Waals surface area contributed by atoms with Gasteiger partial charge in [0.25, 0.3) is 0 Å². The van der Waals surface area contributed by atoms with E-state index in [1.54, 1.807) is 6.07 Å².